The Morgan fingerprint density at radius 3 is 2.86 bits per heavy atom. The number of rotatable bonds is 4. The number of aromatic nitrogens is 1. The van der Waals surface area contributed by atoms with Crippen LogP contribution in [0.1, 0.15) is 13.3 Å². The number of amides is 1. The highest BCUT2D eigenvalue weighted by Gasteiger charge is 2.27. The highest BCUT2D eigenvalue weighted by molar-refractivity contribution is 9.10. The second-order valence-corrected chi connectivity index (χ2v) is 7.30. The Hall–Kier alpha value is -2.87. The molecular weight excluding hydrogens is 426 g/mol. The molecule has 2 aromatic carbocycles. The summed E-state index contributed by atoms with van der Waals surface area (Å²) < 4.78 is 13.8. The average molecular weight is 444 g/mol. The third-order valence-electron chi connectivity index (χ3n) is 4.45. The van der Waals surface area contributed by atoms with Gasteiger partial charge < -0.3 is 19.1 Å². The lowest BCUT2D eigenvalue weighted by atomic mass is 10.2. The standard InChI is InChI=1S/C20H18BrN3O4/c1-2-9-24-14-8-7-12(21)10-13(14)18(20(24)26)22-23-19(25)17-11-27-15-5-3-4-6-16(15)28-17/h3-8,10,17,26H,2,9,11H2,1H3. The molecule has 3 aromatic rings. The van der Waals surface area contributed by atoms with Gasteiger partial charge in [0, 0.05) is 16.4 Å². The van der Waals surface area contributed by atoms with Crippen LogP contribution < -0.4 is 9.47 Å². The summed E-state index contributed by atoms with van der Waals surface area (Å²) >= 11 is 3.43. The van der Waals surface area contributed by atoms with E-state index in [0.29, 0.717) is 23.4 Å². The fourth-order valence-electron chi connectivity index (χ4n) is 3.15. The molecule has 0 bridgehead atoms. The molecule has 0 saturated heterocycles. The lowest BCUT2D eigenvalue weighted by Gasteiger charge is -2.23. The van der Waals surface area contributed by atoms with Crippen LogP contribution in [0, 0.1) is 0 Å². The molecule has 0 spiro atoms. The van der Waals surface area contributed by atoms with Gasteiger partial charge in [-0.25, -0.2) is 0 Å². The lowest BCUT2D eigenvalue weighted by molar-refractivity contribution is -0.127. The molecule has 4 rings (SSSR count). The largest absolute Gasteiger partial charge is 0.493 e. The first-order valence-electron chi connectivity index (χ1n) is 8.93. The molecule has 1 amide bonds. The van der Waals surface area contributed by atoms with Crippen molar-refractivity contribution >= 4 is 38.4 Å². The topological polar surface area (TPSA) is 85.4 Å². The summed E-state index contributed by atoms with van der Waals surface area (Å²) in [4.78, 5) is 12.5. The molecule has 1 aliphatic rings. The van der Waals surface area contributed by atoms with Crippen molar-refractivity contribution in [1.29, 1.82) is 0 Å². The number of azo groups is 1. The zero-order valence-corrected chi connectivity index (χ0v) is 16.7. The molecule has 1 aromatic heterocycles. The van der Waals surface area contributed by atoms with E-state index in [1.165, 1.54) is 0 Å². The van der Waals surface area contributed by atoms with E-state index in [0.717, 1.165) is 16.4 Å². The number of para-hydroxylation sites is 2. The molecule has 1 aliphatic heterocycles. The number of carbonyl (C=O) groups excluding carboxylic acids is 1. The molecule has 2 heterocycles. The minimum atomic E-state index is -0.878. The Kier molecular flexibility index (Phi) is 5.04. The van der Waals surface area contributed by atoms with Crippen molar-refractivity contribution in [3.63, 3.8) is 0 Å². The van der Waals surface area contributed by atoms with Crippen molar-refractivity contribution in [1.82, 2.24) is 4.57 Å². The normalized spacial score (nSPS) is 16.0. The minimum absolute atomic E-state index is 0.0161. The Labute approximate surface area is 169 Å². The van der Waals surface area contributed by atoms with Crippen LogP contribution in [0.4, 0.5) is 5.69 Å². The molecule has 0 radical (unpaired) electrons. The van der Waals surface area contributed by atoms with Crippen LogP contribution in [0.3, 0.4) is 0 Å². The van der Waals surface area contributed by atoms with Crippen molar-refractivity contribution in [2.24, 2.45) is 10.2 Å². The maximum Gasteiger partial charge on any atom is 0.308 e. The van der Waals surface area contributed by atoms with Crippen molar-refractivity contribution < 1.29 is 19.4 Å². The predicted molar refractivity (Wildman–Crippen MR) is 107 cm³/mol. The highest BCUT2D eigenvalue weighted by atomic mass is 79.9. The first kappa shape index (κ1) is 18.5. The monoisotopic (exact) mass is 443 g/mol. The quantitative estimate of drug-likeness (QED) is 0.576. The molecule has 1 N–H and O–H groups in total. The molecule has 144 valence electrons. The van der Waals surface area contributed by atoms with Gasteiger partial charge in [-0.15, -0.1) is 10.2 Å². The van der Waals surface area contributed by atoms with Gasteiger partial charge >= 0.3 is 5.91 Å². The van der Waals surface area contributed by atoms with Crippen molar-refractivity contribution in [2.75, 3.05) is 6.61 Å². The van der Waals surface area contributed by atoms with Gasteiger partial charge in [-0.05, 0) is 36.8 Å². The zero-order chi connectivity index (χ0) is 19.7. The van der Waals surface area contributed by atoms with E-state index in [-0.39, 0.29) is 18.2 Å². The third kappa shape index (κ3) is 3.35. The van der Waals surface area contributed by atoms with E-state index in [2.05, 4.69) is 26.2 Å². The van der Waals surface area contributed by atoms with E-state index in [4.69, 9.17) is 9.47 Å². The summed E-state index contributed by atoms with van der Waals surface area (Å²) in [6.07, 6.45) is -0.0354. The van der Waals surface area contributed by atoms with E-state index in [9.17, 15) is 9.90 Å². The number of carbonyl (C=O) groups is 1. The van der Waals surface area contributed by atoms with Crippen LogP contribution in [0.15, 0.2) is 57.2 Å². The fourth-order valence-corrected chi connectivity index (χ4v) is 3.51. The molecule has 0 aliphatic carbocycles. The van der Waals surface area contributed by atoms with E-state index in [1.54, 1.807) is 22.8 Å². The second-order valence-electron chi connectivity index (χ2n) is 6.39. The maximum atomic E-state index is 12.5. The van der Waals surface area contributed by atoms with Crippen LogP contribution in [0.25, 0.3) is 10.9 Å². The van der Waals surface area contributed by atoms with E-state index < -0.39 is 12.0 Å². The van der Waals surface area contributed by atoms with Crippen LogP contribution in [0.2, 0.25) is 0 Å². The van der Waals surface area contributed by atoms with Gasteiger partial charge in [-0.3, -0.25) is 4.79 Å². The lowest BCUT2D eigenvalue weighted by Crippen LogP contribution is -2.35. The number of fused-ring (bicyclic) bond motifs is 2. The first-order chi connectivity index (χ1) is 13.6. The van der Waals surface area contributed by atoms with E-state index in [1.807, 2.05) is 31.2 Å². The Bertz CT molecular complexity index is 1080. The van der Waals surface area contributed by atoms with Gasteiger partial charge in [0.15, 0.2) is 17.2 Å². The SMILES string of the molecule is CCCn1c(O)c(N=NC(=O)C2COc3ccccc3O2)c2cc(Br)ccc21. The average Bonchev–Trinajstić information content (AvgIpc) is 2.96. The number of aryl methyl sites for hydroxylation is 1. The van der Waals surface area contributed by atoms with Crippen molar-refractivity contribution in [3.05, 3.63) is 46.9 Å². The Morgan fingerprint density at radius 1 is 1.29 bits per heavy atom. The Balaban J connectivity index is 1.63. The fraction of sp³-hybridized carbons (Fsp3) is 0.250. The first-order valence-corrected chi connectivity index (χ1v) is 9.72. The predicted octanol–water partition coefficient (Wildman–Crippen LogP) is 4.97. The summed E-state index contributed by atoms with van der Waals surface area (Å²) in [5.41, 5.74) is 1.09. The van der Waals surface area contributed by atoms with Gasteiger partial charge in [0.2, 0.25) is 12.0 Å². The molecular formula is C20H18BrN3O4. The molecule has 0 fully saturated rings. The zero-order valence-electron chi connectivity index (χ0n) is 15.1. The second kappa shape index (κ2) is 7.63. The Morgan fingerprint density at radius 2 is 2.07 bits per heavy atom. The number of nitrogens with zero attached hydrogens (tertiary/aromatic N) is 3. The number of ether oxygens (including phenoxy) is 2. The molecule has 28 heavy (non-hydrogen) atoms. The summed E-state index contributed by atoms with van der Waals surface area (Å²) in [6.45, 7) is 2.71. The molecule has 7 nitrogen and oxygen atoms in total. The number of benzene rings is 2. The molecule has 1 atom stereocenters. The van der Waals surface area contributed by atoms with Crippen LogP contribution in [0.5, 0.6) is 17.4 Å². The molecule has 1 unspecified atom stereocenters. The summed E-state index contributed by atoms with van der Waals surface area (Å²) in [5.74, 6) is 0.500. The van der Waals surface area contributed by atoms with Crippen LogP contribution >= 0.6 is 15.9 Å². The van der Waals surface area contributed by atoms with Gasteiger partial charge in [-0.2, -0.15) is 0 Å². The van der Waals surface area contributed by atoms with Gasteiger partial charge in [0.05, 0.1) is 5.52 Å². The third-order valence-corrected chi connectivity index (χ3v) is 4.95. The van der Waals surface area contributed by atoms with Crippen LogP contribution in [-0.4, -0.2) is 28.3 Å². The molecule has 0 saturated carbocycles. The van der Waals surface area contributed by atoms with E-state index >= 15 is 0 Å². The highest BCUT2D eigenvalue weighted by Crippen LogP contribution is 2.40. The maximum absolute atomic E-state index is 12.5. The minimum Gasteiger partial charge on any atom is -0.493 e. The molecule has 8 heteroatoms. The summed E-state index contributed by atoms with van der Waals surface area (Å²) in [7, 11) is 0. The smallest absolute Gasteiger partial charge is 0.308 e. The van der Waals surface area contributed by atoms with Crippen molar-refractivity contribution in [2.45, 2.75) is 26.0 Å². The van der Waals surface area contributed by atoms with Crippen LogP contribution in [-0.2, 0) is 11.3 Å². The number of hydrogen-bond donors (Lipinski definition) is 1. The summed E-state index contributed by atoms with van der Waals surface area (Å²) in [6, 6.07) is 12.8. The van der Waals surface area contributed by atoms with Gasteiger partial charge in [0.25, 0.3) is 0 Å². The number of aromatic hydroxyl groups is 1. The number of halogens is 1. The van der Waals surface area contributed by atoms with Crippen molar-refractivity contribution in [3.8, 4) is 17.4 Å². The van der Waals surface area contributed by atoms with Gasteiger partial charge in [0.1, 0.15) is 6.61 Å². The number of hydrogen-bond acceptors (Lipinski definition) is 5. The van der Waals surface area contributed by atoms with Gasteiger partial charge in [-0.1, -0.05) is 35.0 Å². The summed E-state index contributed by atoms with van der Waals surface area (Å²) in [5, 5.41) is 19.2.